The fourth-order valence-electron chi connectivity index (χ4n) is 2.17. The average molecular weight is 237 g/mol. The summed E-state index contributed by atoms with van der Waals surface area (Å²) in [7, 11) is 0. The Hall–Kier alpha value is -2.16. The molecule has 1 N–H and O–H groups in total. The lowest BCUT2D eigenvalue weighted by Crippen LogP contribution is -1.88. The van der Waals surface area contributed by atoms with Gasteiger partial charge < -0.3 is 4.98 Å². The van der Waals surface area contributed by atoms with E-state index in [1.165, 1.54) is 16.7 Å². The number of rotatable bonds is 1. The maximum Gasteiger partial charge on any atom is 0.178 e. The van der Waals surface area contributed by atoms with E-state index in [1.54, 1.807) is 6.20 Å². The summed E-state index contributed by atoms with van der Waals surface area (Å²) in [6.07, 6.45) is 1.80. The lowest BCUT2D eigenvalue weighted by Gasteiger charge is -2.04. The van der Waals surface area contributed by atoms with Crippen molar-refractivity contribution in [3.8, 4) is 11.4 Å². The Labute approximate surface area is 106 Å². The molecule has 0 saturated carbocycles. The zero-order chi connectivity index (χ0) is 12.7. The van der Waals surface area contributed by atoms with Gasteiger partial charge >= 0.3 is 0 Å². The largest absolute Gasteiger partial charge is 0.336 e. The molecule has 0 bridgehead atoms. The van der Waals surface area contributed by atoms with Crippen molar-refractivity contribution in [1.82, 2.24) is 15.0 Å². The van der Waals surface area contributed by atoms with Gasteiger partial charge in [0.1, 0.15) is 5.82 Å². The molecule has 0 atom stereocenters. The summed E-state index contributed by atoms with van der Waals surface area (Å²) in [6, 6.07) is 8.26. The Kier molecular flexibility index (Phi) is 2.40. The van der Waals surface area contributed by atoms with Gasteiger partial charge in [-0.1, -0.05) is 18.2 Å². The van der Waals surface area contributed by atoms with E-state index in [2.05, 4.69) is 53.9 Å². The summed E-state index contributed by atoms with van der Waals surface area (Å²) in [5.74, 6) is 0.896. The molecular formula is C15H15N3. The van der Waals surface area contributed by atoms with E-state index < -0.39 is 0 Å². The van der Waals surface area contributed by atoms with E-state index in [0.29, 0.717) is 0 Å². The van der Waals surface area contributed by atoms with Gasteiger partial charge in [0.2, 0.25) is 0 Å². The summed E-state index contributed by atoms with van der Waals surface area (Å²) < 4.78 is 0. The topological polar surface area (TPSA) is 41.6 Å². The standard InChI is InChI=1S/C15H15N3/c1-9-5-4-6-12(11(9)3)14-17-13-10(2)7-8-16-15(13)18-14/h4-8H,1-3H3,(H,16,17,18). The second-order valence-corrected chi connectivity index (χ2v) is 4.66. The fraction of sp³-hybridized carbons (Fsp3) is 0.200. The minimum Gasteiger partial charge on any atom is -0.336 e. The summed E-state index contributed by atoms with van der Waals surface area (Å²) >= 11 is 0. The predicted octanol–water partition coefficient (Wildman–Crippen LogP) is 3.55. The van der Waals surface area contributed by atoms with Gasteiger partial charge in [-0.3, -0.25) is 0 Å². The minimum atomic E-state index is 0.783. The van der Waals surface area contributed by atoms with Crippen molar-refractivity contribution >= 4 is 11.2 Å². The highest BCUT2D eigenvalue weighted by molar-refractivity contribution is 5.79. The number of nitrogens with zero attached hydrogens (tertiary/aromatic N) is 2. The van der Waals surface area contributed by atoms with Gasteiger partial charge in [0.05, 0.1) is 5.52 Å². The van der Waals surface area contributed by atoms with Crippen LogP contribution in [0.5, 0.6) is 0 Å². The van der Waals surface area contributed by atoms with Crippen LogP contribution < -0.4 is 0 Å². The van der Waals surface area contributed by atoms with E-state index in [1.807, 2.05) is 6.07 Å². The molecule has 1 aromatic carbocycles. The van der Waals surface area contributed by atoms with Crippen molar-refractivity contribution in [2.45, 2.75) is 20.8 Å². The van der Waals surface area contributed by atoms with Crippen molar-refractivity contribution < 1.29 is 0 Å². The smallest absolute Gasteiger partial charge is 0.178 e. The van der Waals surface area contributed by atoms with Gasteiger partial charge in [-0.25, -0.2) is 9.97 Å². The molecule has 90 valence electrons. The molecule has 0 aliphatic heterocycles. The minimum absolute atomic E-state index is 0.783. The first kappa shape index (κ1) is 11.0. The van der Waals surface area contributed by atoms with Crippen LogP contribution in [-0.4, -0.2) is 15.0 Å². The first-order valence-corrected chi connectivity index (χ1v) is 6.05. The van der Waals surface area contributed by atoms with Crippen LogP contribution in [0.2, 0.25) is 0 Å². The summed E-state index contributed by atoms with van der Waals surface area (Å²) in [4.78, 5) is 12.3. The fourth-order valence-corrected chi connectivity index (χ4v) is 2.17. The second kappa shape index (κ2) is 3.95. The van der Waals surface area contributed by atoms with Crippen LogP contribution >= 0.6 is 0 Å². The molecule has 2 heterocycles. The lowest BCUT2D eigenvalue weighted by atomic mass is 10.0. The predicted molar refractivity (Wildman–Crippen MR) is 73.5 cm³/mol. The first-order chi connectivity index (χ1) is 8.66. The third kappa shape index (κ3) is 1.59. The molecule has 3 aromatic rings. The maximum absolute atomic E-state index is 4.58. The molecule has 0 radical (unpaired) electrons. The molecule has 3 rings (SSSR count). The van der Waals surface area contributed by atoms with Crippen LogP contribution in [0.15, 0.2) is 30.5 Å². The molecule has 3 nitrogen and oxygen atoms in total. The summed E-state index contributed by atoms with van der Waals surface area (Å²) in [5, 5.41) is 0. The number of H-pyrrole nitrogens is 1. The van der Waals surface area contributed by atoms with Crippen LogP contribution in [0.25, 0.3) is 22.6 Å². The number of aromatic amines is 1. The quantitative estimate of drug-likeness (QED) is 0.703. The number of aryl methyl sites for hydroxylation is 2. The Balaban J connectivity index is 2.26. The van der Waals surface area contributed by atoms with Gasteiger partial charge in [-0.2, -0.15) is 0 Å². The number of pyridine rings is 1. The highest BCUT2D eigenvalue weighted by Crippen LogP contribution is 2.25. The molecule has 3 heteroatoms. The molecule has 18 heavy (non-hydrogen) atoms. The number of imidazole rings is 1. The van der Waals surface area contributed by atoms with E-state index in [0.717, 1.165) is 22.6 Å². The number of aromatic nitrogens is 3. The van der Waals surface area contributed by atoms with Crippen molar-refractivity contribution in [3.05, 3.63) is 47.2 Å². The number of fused-ring (bicyclic) bond motifs is 1. The van der Waals surface area contributed by atoms with E-state index in [-0.39, 0.29) is 0 Å². The molecule has 2 aromatic heterocycles. The van der Waals surface area contributed by atoms with Gasteiger partial charge in [-0.15, -0.1) is 0 Å². The second-order valence-electron chi connectivity index (χ2n) is 4.66. The van der Waals surface area contributed by atoms with Crippen LogP contribution in [0, 0.1) is 20.8 Å². The molecule has 0 spiro atoms. The monoisotopic (exact) mass is 237 g/mol. The Bertz CT molecular complexity index is 726. The molecule has 0 fully saturated rings. The summed E-state index contributed by atoms with van der Waals surface area (Å²) in [6.45, 7) is 6.30. The van der Waals surface area contributed by atoms with Crippen molar-refractivity contribution in [2.75, 3.05) is 0 Å². The number of benzene rings is 1. The van der Waals surface area contributed by atoms with Crippen molar-refractivity contribution in [1.29, 1.82) is 0 Å². The number of hydrogen-bond donors (Lipinski definition) is 1. The van der Waals surface area contributed by atoms with Gasteiger partial charge in [0.25, 0.3) is 0 Å². The normalized spacial score (nSPS) is 11.1. The molecular weight excluding hydrogens is 222 g/mol. The highest BCUT2D eigenvalue weighted by atomic mass is 15.0. The van der Waals surface area contributed by atoms with Gasteiger partial charge in [0.15, 0.2) is 5.65 Å². The summed E-state index contributed by atoms with van der Waals surface area (Å²) in [5.41, 5.74) is 6.66. The zero-order valence-corrected chi connectivity index (χ0v) is 10.8. The molecule has 0 aliphatic carbocycles. The molecule has 0 aliphatic rings. The van der Waals surface area contributed by atoms with Crippen LogP contribution in [0.4, 0.5) is 0 Å². The van der Waals surface area contributed by atoms with Gasteiger partial charge in [-0.05, 0) is 43.5 Å². The molecule has 0 amide bonds. The van der Waals surface area contributed by atoms with Crippen molar-refractivity contribution in [3.63, 3.8) is 0 Å². The van der Waals surface area contributed by atoms with Crippen LogP contribution in [0.1, 0.15) is 16.7 Å². The third-order valence-electron chi connectivity index (χ3n) is 3.46. The average Bonchev–Trinajstić information content (AvgIpc) is 2.78. The van der Waals surface area contributed by atoms with Crippen molar-refractivity contribution in [2.24, 2.45) is 0 Å². The number of nitrogens with one attached hydrogen (secondary N) is 1. The lowest BCUT2D eigenvalue weighted by molar-refractivity contribution is 1.26. The van der Waals surface area contributed by atoms with Crippen LogP contribution in [-0.2, 0) is 0 Å². The molecule has 0 unspecified atom stereocenters. The zero-order valence-electron chi connectivity index (χ0n) is 10.8. The van der Waals surface area contributed by atoms with E-state index in [9.17, 15) is 0 Å². The van der Waals surface area contributed by atoms with E-state index >= 15 is 0 Å². The van der Waals surface area contributed by atoms with Crippen LogP contribution in [0.3, 0.4) is 0 Å². The Morgan fingerprint density at radius 1 is 1.00 bits per heavy atom. The number of hydrogen-bond acceptors (Lipinski definition) is 2. The van der Waals surface area contributed by atoms with Gasteiger partial charge in [0, 0.05) is 11.8 Å². The molecule has 0 saturated heterocycles. The first-order valence-electron chi connectivity index (χ1n) is 6.05. The SMILES string of the molecule is Cc1cccc(-c2nc3nccc(C)c3[nH]2)c1C. The Morgan fingerprint density at radius 3 is 2.61 bits per heavy atom. The maximum atomic E-state index is 4.58. The Morgan fingerprint density at radius 2 is 1.83 bits per heavy atom. The third-order valence-corrected chi connectivity index (χ3v) is 3.46. The van der Waals surface area contributed by atoms with E-state index in [4.69, 9.17) is 0 Å². The highest BCUT2D eigenvalue weighted by Gasteiger charge is 2.10.